The Labute approximate surface area is 100 Å². The van der Waals surface area contributed by atoms with Crippen LogP contribution in [0.1, 0.15) is 56.7 Å². The van der Waals surface area contributed by atoms with Crippen molar-refractivity contribution < 1.29 is 0 Å². The zero-order valence-corrected chi connectivity index (χ0v) is 11.1. The largest absolute Gasteiger partial charge is 0.0985 e. The lowest BCUT2D eigenvalue weighted by molar-refractivity contribution is 0.555. The minimum Gasteiger partial charge on any atom is -0.0985 e. The van der Waals surface area contributed by atoms with Gasteiger partial charge in [0.25, 0.3) is 0 Å². The zero-order valence-electron chi connectivity index (χ0n) is 11.1. The minimum atomic E-state index is 0.596. The first-order chi connectivity index (χ1) is 7.60. The van der Waals surface area contributed by atoms with Crippen molar-refractivity contribution in [1.82, 2.24) is 0 Å². The molecule has 0 radical (unpaired) electrons. The van der Waals surface area contributed by atoms with Gasteiger partial charge in [-0.2, -0.15) is 0 Å². The summed E-state index contributed by atoms with van der Waals surface area (Å²) >= 11 is 0. The average Bonchev–Trinajstić information content (AvgIpc) is 2.28. The van der Waals surface area contributed by atoms with E-state index in [-0.39, 0.29) is 0 Å². The van der Waals surface area contributed by atoms with Gasteiger partial charge < -0.3 is 0 Å². The Morgan fingerprint density at radius 3 is 2.44 bits per heavy atom. The fourth-order valence-electron chi connectivity index (χ4n) is 2.08. The summed E-state index contributed by atoms with van der Waals surface area (Å²) in [6.07, 6.45) is 4.40. The quantitative estimate of drug-likeness (QED) is 0.646. The molecule has 1 atom stereocenters. The zero-order chi connectivity index (χ0) is 12.1. The molecule has 0 aliphatic heterocycles. The van der Waals surface area contributed by atoms with Crippen molar-refractivity contribution in [3.05, 3.63) is 41.5 Å². The van der Waals surface area contributed by atoms with E-state index in [9.17, 15) is 0 Å². The van der Waals surface area contributed by atoms with Gasteiger partial charge in [-0.05, 0) is 34.9 Å². The molecule has 1 rings (SSSR count). The third kappa shape index (κ3) is 2.98. The fraction of sp³-hybridized carbons (Fsp3) is 0.500. The lowest BCUT2D eigenvalue weighted by Gasteiger charge is -2.18. The van der Waals surface area contributed by atoms with Crippen LogP contribution in [0.15, 0.2) is 24.8 Å². The molecule has 0 aliphatic rings. The standard InChI is InChI=1S/C16H24/c1-6-13(5)11-16-14(7-2)9-8-10-15(16)12(3)4/h7-10,12-13H,2,6,11H2,1,3-5H3. The molecule has 0 nitrogen and oxygen atoms in total. The highest BCUT2D eigenvalue weighted by molar-refractivity contribution is 5.55. The summed E-state index contributed by atoms with van der Waals surface area (Å²) in [6.45, 7) is 13.0. The van der Waals surface area contributed by atoms with Gasteiger partial charge in [-0.3, -0.25) is 0 Å². The first-order valence-corrected chi connectivity index (χ1v) is 6.34. The van der Waals surface area contributed by atoms with E-state index in [1.807, 2.05) is 6.08 Å². The summed E-state index contributed by atoms with van der Waals surface area (Å²) in [5.41, 5.74) is 4.30. The van der Waals surface area contributed by atoms with Crippen LogP contribution in [0.25, 0.3) is 6.08 Å². The molecule has 0 N–H and O–H groups in total. The molecule has 1 aromatic carbocycles. The summed E-state index contributed by atoms with van der Waals surface area (Å²) in [4.78, 5) is 0. The molecule has 0 bridgehead atoms. The van der Waals surface area contributed by atoms with Crippen LogP contribution in [0.3, 0.4) is 0 Å². The lowest BCUT2D eigenvalue weighted by Crippen LogP contribution is -2.05. The number of rotatable bonds is 5. The lowest BCUT2D eigenvalue weighted by atomic mass is 9.87. The molecular weight excluding hydrogens is 192 g/mol. The van der Waals surface area contributed by atoms with Crippen LogP contribution in [-0.4, -0.2) is 0 Å². The molecule has 16 heavy (non-hydrogen) atoms. The first-order valence-electron chi connectivity index (χ1n) is 6.34. The molecule has 1 aromatic rings. The van der Waals surface area contributed by atoms with E-state index in [0.29, 0.717) is 5.92 Å². The smallest absolute Gasteiger partial charge is 0.0216 e. The molecule has 0 saturated heterocycles. The fourth-order valence-corrected chi connectivity index (χ4v) is 2.08. The maximum absolute atomic E-state index is 3.93. The topological polar surface area (TPSA) is 0 Å². The molecule has 0 saturated carbocycles. The van der Waals surface area contributed by atoms with Crippen molar-refractivity contribution in [1.29, 1.82) is 0 Å². The van der Waals surface area contributed by atoms with Crippen molar-refractivity contribution >= 4 is 6.08 Å². The second-order valence-corrected chi connectivity index (χ2v) is 4.99. The van der Waals surface area contributed by atoms with Crippen molar-refractivity contribution in [3.63, 3.8) is 0 Å². The molecule has 88 valence electrons. The van der Waals surface area contributed by atoms with E-state index in [1.54, 1.807) is 0 Å². The maximum Gasteiger partial charge on any atom is -0.0216 e. The van der Waals surface area contributed by atoms with Crippen LogP contribution in [-0.2, 0) is 6.42 Å². The van der Waals surface area contributed by atoms with Gasteiger partial charge in [-0.1, -0.05) is 65.0 Å². The summed E-state index contributed by atoms with van der Waals surface area (Å²) < 4.78 is 0. The summed E-state index contributed by atoms with van der Waals surface area (Å²) in [5.74, 6) is 1.34. The van der Waals surface area contributed by atoms with Gasteiger partial charge in [-0.15, -0.1) is 0 Å². The van der Waals surface area contributed by atoms with Gasteiger partial charge in [0.05, 0.1) is 0 Å². The van der Waals surface area contributed by atoms with E-state index in [1.165, 1.54) is 29.5 Å². The Bertz CT molecular complexity index is 347. The third-order valence-electron chi connectivity index (χ3n) is 3.34. The molecule has 1 unspecified atom stereocenters. The molecule has 0 fully saturated rings. The van der Waals surface area contributed by atoms with E-state index in [4.69, 9.17) is 0 Å². The normalized spacial score (nSPS) is 12.8. The monoisotopic (exact) mass is 216 g/mol. The Hall–Kier alpha value is -1.04. The van der Waals surface area contributed by atoms with Gasteiger partial charge in [0, 0.05) is 0 Å². The van der Waals surface area contributed by atoms with Crippen LogP contribution in [0.4, 0.5) is 0 Å². The molecule has 0 spiro atoms. The van der Waals surface area contributed by atoms with Crippen LogP contribution in [0.5, 0.6) is 0 Å². The minimum absolute atomic E-state index is 0.596. The highest BCUT2D eigenvalue weighted by Crippen LogP contribution is 2.26. The summed E-state index contributed by atoms with van der Waals surface area (Å²) in [7, 11) is 0. The van der Waals surface area contributed by atoms with Crippen LogP contribution < -0.4 is 0 Å². The van der Waals surface area contributed by atoms with E-state index in [0.717, 1.165) is 5.92 Å². The van der Waals surface area contributed by atoms with Crippen molar-refractivity contribution in [3.8, 4) is 0 Å². The van der Waals surface area contributed by atoms with Crippen molar-refractivity contribution in [2.24, 2.45) is 5.92 Å². The molecule has 0 amide bonds. The Balaban J connectivity index is 3.14. The van der Waals surface area contributed by atoms with Gasteiger partial charge >= 0.3 is 0 Å². The first kappa shape index (κ1) is 13.0. The molecular formula is C16H24. The van der Waals surface area contributed by atoms with E-state index < -0.39 is 0 Å². The maximum atomic E-state index is 3.93. The Morgan fingerprint density at radius 1 is 1.25 bits per heavy atom. The van der Waals surface area contributed by atoms with Gasteiger partial charge in [-0.25, -0.2) is 0 Å². The molecule has 0 heteroatoms. The summed E-state index contributed by atoms with van der Waals surface area (Å²) in [6, 6.07) is 6.58. The van der Waals surface area contributed by atoms with Crippen molar-refractivity contribution in [2.75, 3.05) is 0 Å². The van der Waals surface area contributed by atoms with Crippen LogP contribution >= 0.6 is 0 Å². The van der Waals surface area contributed by atoms with Crippen LogP contribution in [0.2, 0.25) is 0 Å². The van der Waals surface area contributed by atoms with Gasteiger partial charge in [0.15, 0.2) is 0 Å². The molecule has 0 aromatic heterocycles. The average molecular weight is 216 g/mol. The SMILES string of the molecule is C=Cc1cccc(C(C)C)c1CC(C)CC. The Morgan fingerprint density at radius 2 is 1.94 bits per heavy atom. The van der Waals surface area contributed by atoms with Gasteiger partial charge in [0.1, 0.15) is 0 Å². The number of hydrogen-bond acceptors (Lipinski definition) is 0. The predicted molar refractivity (Wildman–Crippen MR) is 73.8 cm³/mol. The Kier molecular flexibility index (Phi) is 4.79. The van der Waals surface area contributed by atoms with Crippen LogP contribution in [0, 0.1) is 5.92 Å². The van der Waals surface area contributed by atoms with E-state index in [2.05, 4.69) is 52.5 Å². The molecule has 0 heterocycles. The highest BCUT2D eigenvalue weighted by Gasteiger charge is 2.11. The highest BCUT2D eigenvalue weighted by atomic mass is 14.2. The van der Waals surface area contributed by atoms with Gasteiger partial charge in [0.2, 0.25) is 0 Å². The number of benzene rings is 1. The summed E-state index contributed by atoms with van der Waals surface area (Å²) in [5, 5.41) is 0. The second kappa shape index (κ2) is 5.89. The second-order valence-electron chi connectivity index (χ2n) is 4.99. The van der Waals surface area contributed by atoms with E-state index >= 15 is 0 Å². The number of hydrogen-bond donors (Lipinski definition) is 0. The predicted octanol–water partition coefficient (Wildman–Crippen LogP) is 5.04. The van der Waals surface area contributed by atoms with Crippen molar-refractivity contribution in [2.45, 2.75) is 46.5 Å². The third-order valence-corrected chi connectivity index (χ3v) is 3.34. The molecule has 0 aliphatic carbocycles.